The Kier molecular flexibility index (Phi) is 7.29. The second kappa shape index (κ2) is 9.95. The van der Waals surface area contributed by atoms with Gasteiger partial charge in [0, 0.05) is 38.2 Å². The number of benzene rings is 2. The van der Waals surface area contributed by atoms with Gasteiger partial charge in [0.25, 0.3) is 11.8 Å². The molecule has 2 aromatic rings. The highest BCUT2D eigenvalue weighted by Crippen LogP contribution is 2.18. The first-order valence-corrected chi connectivity index (χ1v) is 12.0. The number of sulfone groups is 1. The van der Waals surface area contributed by atoms with Crippen molar-refractivity contribution >= 4 is 27.6 Å². The zero-order valence-corrected chi connectivity index (χ0v) is 19.0. The zero-order chi connectivity index (χ0) is 23.3. The maximum atomic E-state index is 13.4. The van der Waals surface area contributed by atoms with Gasteiger partial charge >= 0.3 is 0 Å². The van der Waals surface area contributed by atoms with Crippen LogP contribution < -0.4 is 5.32 Å². The van der Waals surface area contributed by atoms with Crippen LogP contribution >= 0.6 is 0 Å². The Labute approximate surface area is 188 Å². The third-order valence-electron chi connectivity index (χ3n) is 5.50. The number of carbonyl (C=O) groups is 3. The fourth-order valence-electron chi connectivity index (χ4n) is 3.61. The van der Waals surface area contributed by atoms with Crippen LogP contribution in [0.15, 0.2) is 59.5 Å². The van der Waals surface area contributed by atoms with Crippen molar-refractivity contribution in [3.8, 4) is 0 Å². The van der Waals surface area contributed by atoms with Gasteiger partial charge in [-0.3, -0.25) is 14.4 Å². The average Bonchev–Trinajstić information content (AvgIpc) is 2.82. The van der Waals surface area contributed by atoms with E-state index in [0.717, 1.165) is 0 Å². The molecule has 1 fully saturated rings. The number of nitrogens with zero attached hydrogens (tertiary/aromatic N) is 2. The van der Waals surface area contributed by atoms with Gasteiger partial charge in [-0.25, -0.2) is 8.42 Å². The number of aryl methyl sites for hydroxylation is 1. The summed E-state index contributed by atoms with van der Waals surface area (Å²) in [4.78, 5) is 41.2. The lowest BCUT2D eigenvalue weighted by atomic mass is 10.1. The van der Waals surface area contributed by atoms with E-state index in [0.29, 0.717) is 30.6 Å². The van der Waals surface area contributed by atoms with Crippen LogP contribution in [0, 0.1) is 6.92 Å². The Morgan fingerprint density at radius 1 is 0.906 bits per heavy atom. The molecule has 1 atom stereocenters. The van der Waals surface area contributed by atoms with Crippen molar-refractivity contribution in [2.75, 3.05) is 26.2 Å². The van der Waals surface area contributed by atoms with Crippen LogP contribution in [-0.2, 0) is 19.4 Å². The molecular weight excluding hydrogens is 430 g/mol. The van der Waals surface area contributed by atoms with Crippen molar-refractivity contribution in [3.05, 3.63) is 65.7 Å². The lowest BCUT2D eigenvalue weighted by Gasteiger charge is -2.36. The second-order valence-corrected chi connectivity index (χ2v) is 9.62. The highest BCUT2D eigenvalue weighted by Gasteiger charge is 2.39. The van der Waals surface area contributed by atoms with Crippen molar-refractivity contribution in [1.29, 1.82) is 0 Å². The molecule has 0 radical (unpaired) electrons. The Hall–Kier alpha value is -3.20. The Morgan fingerprint density at radius 3 is 2.06 bits per heavy atom. The molecule has 3 rings (SSSR count). The van der Waals surface area contributed by atoms with Crippen molar-refractivity contribution in [2.45, 2.75) is 30.5 Å². The number of carbonyl (C=O) groups excluding carboxylic acids is 3. The van der Waals surface area contributed by atoms with E-state index in [2.05, 4.69) is 5.32 Å². The third kappa shape index (κ3) is 4.99. The Morgan fingerprint density at radius 2 is 1.47 bits per heavy atom. The first-order chi connectivity index (χ1) is 15.3. The summed E-state index contributed by atoms with van der Waals surface area (Å²) >= 11 is 0. The fourth-order valence-corrected chi connectivity index (χ4v) is 5.09. The summed E-state index contributed by atoms with van der Waals surface area (Å²) in [6, 6.07) is 14.4. The summed E-state index contributed by atoms with van der Waals surface area (Å²) in [6.45, 7) is 4.55. The predicted molar refractivity (Wildman–Crippen MR) is 120 cm³/mol. The van der Waals surface area contributed by atoms with E-state index in [-0.39, 0.29) is 23.9 Å². The summed E-state index contributed by atoms with van der Waals surface area (Å²) < 4.78 is 26.7. The van der Waals surface area contributed by atoms with Gasteiger partial charge in [-0.05, 0) is 30.7 Å². The summed E-state index contributed by atoms with van der Waals surface area (Å²) in [6.07, 6.45) is 0.367. The number of rotatable bonds is 6. The smallest absolute Gasteiger partial charge is 0.261 e. The van der Waals surface area contributed by atoms with Gasteiger partial charge in [0.05, 0.1) is 4.90 Å². The van der Waals surface area contributed by atoms with E-state index in [1.54, 1.807) is 61.2 Å². The molecule has 0 bridgehead atoms. The SMILES string of the molecule is CCC(=O)N1CCN(C(=O)[C@@H](NC(=O)c2ccccc2C)S(=O)(=O)c2ccccc2)CC1. The van der Waals surface area contributed by atoms with Gasteiger partial charge in [0.1, 0.15) is 0 Å². The molecule has 0 saturated carbocycles. The van der Waals surface area contributed by atoms with Crippen LogP contribution in [0.3, 0.4) is 0 Å². The number of hydrogen-bond acceptors (Lipinski definition) is 5. The number of nitrogens with one attached hydrogen (secondary N) is 1. The molecule has 0 unspecified atom stereocenters. The van der Waals surface area contributed by atoms with E-state index in [9.17, 15) is 22.8 Å². The number of amides is 3. The van der Waals surface area contributed by atoms with Gasteiger partial charge in [0.15, 0.2) is 0 Å². The van der Waals surface area contributed by atoms with E-state index >= 15 is 0 Å². The van der Waals surface area contributed by atoms with Crippen LogP contribution in [0.1, 0.15) is 29.3 Å². The fraction of sp³-hybridized carbons (Fsp3) is 0.348. The average molecular weight is 458 g/mol. The molecule has 0 spiro atoms. The number of hydrogen-bond donors (Lipinski definition) is 1. The minimum absolute atomic E-state index is 0.0154. The van der Waals surface area contributed by atoms with E-state index in [4.69, 9.17) is 0 Å². The molecule has 9 heteroatoms. The highest BCUT2D eigenvalue weighted by atomic mass is 32.2. The third-order valence-corrected chi connectivity index (χ3v) is 7.37. The minimum atomic E-state index is -4.20. The van der Waals surface area contributed by atoms with Crippen molar-refractivity contribution < 1.29 is 22.8 Å². The van der Waals surface area contributed by atoms with E-state index < -0.39 is 27.0 Å². The lowest BCUT2D eigenvalue weighted by Crippen LogP contribution is -2.57. The standard InChI is InChI=1S/C23H27N3O5S/c1-3-20(27)25-13-15-26(16-14-25)23(29)22(32(30,31)18-10-5-4-6-11-18)24-21(28)19-12-8-7-9-17(19)2/h4-12,22H,3,13-16H2,1-2H3,(H,24,28)/t22-/m0/s1. The molecule has 170 valence electrons. The predicted octanol–water partition coefficient (Wildman–Crippen LogP) is 1.61. The highest BCUT2D eigenvalue weighted by molar-refractivity contribution is 7.92. The molecular formula is C23H27N3O5S. The monoisotopic (exact) mass is 457 g/mol. The van der Waals surface area contributed by atoms with Gasteiger partial charge in [-0.2, -0.15) is 0 Å². The molecule has 32 heavy (non-hydrogen) atoms. The molecule has 8 nitrogen and oxygen atoms in total. The Bertz CT molecular complexity index is 1090. The first-order valence-electron chi connectivity index (χ1n) is 10.5. The van der Waals surface area contributed by atoms with Crippen LogP contribution in [0.25, 0.3) is 0 Å². The molecule has 1 saturated heterocycles. The molecule has 0 aliphatic carbocycles. The quantitative estimate of drug-likeness (QED) is 0.710. The maximum Gasteiger partial charge on any atom is 0.261 e. The topological polar surface area (TPSA) is 104 Å². The maximum absolute atomic E-state index is 13.4. The van der Waals surface area contributed by atoms with E-state index in [1.807, 2.05) is 0 Å². The van der Waals surface area contributed by atoms with Gasteiger partial charge < -0.3 is 15.1 Å². The minimum Gasteiger partial charge on any atom is -0.339 e. The Balaban J connectivity index is 1.89. The molecule has 1 aliphatic heterocycles. The van der Waals surface area contributed by atoms with Crippen LogP contribution in [0.2, 0.25) is 0 Å². The largest absolute Gasteiger partial charge is 0.339 e. The summed E-state index contributed by atoms with van der Waals surface area (Å²) in [5.41, 5.74) is 0.965. The van der Waals surface area contributed by atoms with E-state index in [1.165, 1.54) is 17.0 Å². The van der Waals surface area contributed by atoms with Gasteiger partial charge in [0.2, 0.25) is 21.1 Å². The normalized spacial score (nSPS) is 15.2. The zero-order valence-electron chi connectivity index (χ0n) is 18.2. The van der Waals surface area contributed by atoms with Crippen molar-refractivity contribution in [1.82, 2.24) is 15.1 Å². The molecule has 1 N–H and O–H groups in total. The molecule has 1 aliphatic rings. The van der Waals surface area contributed by atoms with Crippen molar-refractivity contribution in [3.63, 3.8) is 0 Å². The van der Waals surface area contributed by atoms with Gasteiger partial charge in [-0.1, -0.05) is 43.3 Å². The van der Waals surface area contributed by atoms with Crippen LogP contribution in [-0.4, -0.2) is 67.5 Å². The molecule has 2 aromatic carbocycles. The first kappa shape index (κ1) is 23.5. The molecule has 3 amide bonds. The van der Waals surface area contributed by atoms with Crippen molar-refractivity contribution in [2.24, 2.45) is 0 Å². The lowest BCUT2D eigenvalue weighted by molar-refractivity contribution is -0.139. The van der Waals surface area contributed by atoms with Crippen LogP contribution in [0.4, 0.5) is 0 Å². The molecule has 0 aromatic heterocycles. The number of piperazine rings is 1. The van der Waals surface area contributed by atoms with Gasteiger partial charge in [-0.15, -0.1) is 0 Å². The molecule has 1 heterocycles. The summed E-state index contributed by atoms with van der Waals surface area (Å²) in [5, 5.41) is 0.684. The summed E-state index contributed by atoms with van der Waals surface area (Å²) in [5.74, 6) is -1.36. The summed E-state index contributed by atoms with van der Waals surface area (Å²) in [7, 11) is -4.20. The van der Waals surface area contributed by atoms with Crippen LogP contribution in [0.5, 0.6) is 0 Å². The second-order valence-electron chi connectivity index (χ2n) is 7.59.